The quantitative estimate of drug-likeness (QED) is 0.853. The molecule has 2 nitrogen and oxygen atoms in total. The summed E-state index contributed by atoms with van der Waals surface area (Å²) in [5.74, 6) is 0.972. The van der Waals surface area contributed by atoms with Crippen molar-refractivity contribution in [2.24, 2.45) is 11.3 Å². The lowest BCUT2D eigenvalue weighted by molar-refractivity contribution is -0.120. The number of hydrogen-bond donors (Lipinski definition) is 1. The molecule has 1 saturated carbocycles. The Kier molecular flexibility index (Phi) is 3.75. The van der Waals surface area contributed by atoms with Gasteiger partial charge in [0.15, 0.2) is 5.78 Å². The molecule has 1 aromatic rings. The van der Waals surface area contributed by atoms with Crippen molar-refractivity contribution >= 4 is 5.78 Å². The third-order valence-electron chi connectivity index (χ3n) is 5.25. The molecule has 1 saturated heterocycles. The van der Waals surface area contributed by atoms with Crippen LogP contribution in [0.3, 0.4) is 0 Å². The lowest BCUT2D eigenvalue weighted by Gasteiger charge is -2.41. The zero-order valence-electron chi connectivity index (χ0n) is 12.0. The lowest BCUT2D eigenvalue weighted by Crippen LogP contribution is -2.37. The highest BCUT2D eigenvalue weighted by atomic mass is 16.1. The van der Waals surface area contributed by atoms with Gasteiger partial charge in [-0.05, 0) is 36.3 Å². The molecule has 20 heavy (non-hydrogen) atoms. The van der Waals surface area contributed by atoms with Crippen molar-refractivity contribution in [2.75, 3.05) is 13.1 Å². The molecular weight excluding hydrogens is 246 g/mol. The van der Waals surface area contributed by atoms with E-state index in [0.717, 1.165) is 32.4 Å². The number of ketones is 1. The van der Waals surface area contributed by atoms with Gasteiger partial charge in [0.1, 0.15) is 0 Å². The van der Waals surface area contributed by atoms with E-state index in [0.29, 0.717) is 5.92 Å². The topological polar surface area (TPSA) is 29.1 Å². The average molecular weight is 269 g/mol. The highest BCUT2D eigenvalue weighted by Crippen LogP contribution is 2.51. The molecule has 2 heteroatoms. The van der Waals surface area contributed by atoms with Crippen molar-refractivity contribution < 1.29 is 4.79 Å². The fourth-order valence-electron chi connectivity index (χ4n) is 4.24. The monoisotopic (exact) mass is 269 g/mol. The van der Waals surface area contributed by atoms with Crippen molar-refractivity contribution in [3.8, 4) is 0 Å². The molecule has 1 heterocycles. The number of nitrogens with one attached hydrogen (secondary N) is 1. The zero-order chi connectivity index (χ0) is 14.0. The van der Waals surface area contributed by atoms with Crippen LogP contribution in [-0.4, -0.2) is 18.9 Å². The number of rotatable bonds is 3. The van der Waals surface area contributed by atoms with E-state index in [1.807, 2.05) is 0 Å². The van der Waals surface area contributed by atoms with Gasteiger partial charge < -0.3 is 5.32 Å². The summed E-state index contributed by atoms with van der Waals surface area (Å²) in [6.45, 7) is 5.75. The van der Waals surface area contributed by atoms with E-state index < -0.39 is 0 Å². The summed E-state index contributed by atoms with van der Waals surface area (Å²) >= 11 is 0. The Balaban J connectivity index is 1.86. The van der Waals surface area contributed by atoms with Crippen LogP contribution in [0.15, 0.2) is 43.0 Å². The molecule has 1 aromatic carbocycles. The van der Waals surface area contributed by atoms with Crippen LogP contribution in [0.25, 0.3) is 0 Å². The van der Waals surface area contributed by atoms with Crippen molar-refractivity contribution in [1.29, 1.82) is 0 Å². The molecule has 106 valence electrons. The van der Waals surface area contributed by atoms with Gasteiger partial charge >= 0.3 is 0 Å². The predicted octanol–water partition coefficient (Wildman–Crippen LogP) is 3.31. The van der Waals surface area contributed by atoms with E-state index >= 15 is 0 Å². The van der Waals surface area contributed by atoms with Gasteiger partial charge in [-0.1, -0.05) is 43.3 Å². The first-order valence-corrected chi connectivity index (χ1v) is 7.67. The number of carbonyl (C=O) groups excluding carboxylic acids is 1. The summed E-state index contributed by atoms with van der Waals surface area (Å²) in [6.07, 6.45) is 5.97. The van der Waals surface area contributed by atoms with Crippen molar-refractivity contribution in [3.63, 3.8) is 0 Å². The van der Waals surface area contributed by atoms with Crippen LogP contribution in [0, 0.1) is 11.3 Å². The van der Waals surface area contributed by atoms with Gasteiger partial charge in [0.25, 0.3) is 0 Å². The zero-order valence-corrected chi connectivity index (χ0v) is 12.0. The largest absolute Gasteiger partial charge is 0.316 e. The van der Waals surface area contributed by atoms with Crippen LogP contribution in [0.1, 0.15) is 37.2 Å². The maximum atomic E-state index is 12.0. The maximum Gasteiger partial charge on any atom is 0.158 e. The lowest BCUT2D eigenvalue weighted by atomic mass is 9.62. The van der Waals surface area contributed by atoms with E-state index in [1.165, 1.54) is 18.1 Å². The van der Waals surface area contributed by atoms with Gasteiger partial charge in [0.05, 0.1) is 0 Å². The first kappa shape index (κ1) is 13.6. The average Bonchev–Trinajstić information content (AvgIpc) is 2.90. The molecule has 2 aliphatic rings. The Morgan fingerprint density at radius 2 is 2.15 bits per heavy atom. The molecule has 0 unspecified atom stereocenters. The molecule has 0 aromatic heterocycles. The molecule has 1 aliphatic carbocycles. The number of allylic oxidation sites excluding steroid dienone is 1. The van der Waals surface area contributed by atoms with Crippen LogP contribution in [-0.2, 0) is 4.79 Å². The summed E-state index contributed by atoms with van der Waals surface area (Å²) in [7, 11) is 0. The Bertz CT molecular complexity index is 495. The van der Waals surface area contributed by atoms with Crippen LogP contribution in [0.4, 0.5) is 0 Å². The highest BCUT2D eigenvalue weighted by molar-refractivity contribution is 5.91. The van der Waals surface area contributed by atoms with Gasteiger partial charge in [-0.15, -0.1) is 0 Å². The van der Waals surface area contributed by atoms with Gasteiger partial charge in [-0.25, -0.2) is 0 Å². The molecular formula is C18H23NO. The van der Waals surface area contributed by atoms with Gasteiger partial charge in [-0.3, -0.25) is 4.79 Å². The second kappa shape index (κ2) is 5.53. The molecule has 1 aliphatic heterocycles. The van der Waals surface area contributed by atoms with E-state index in [4.69, 9.17) is 0 Å². The molecule has 0 radical (unpaired) electrons. The van der Waals surface area contributed by atoms with Crippen molar-refractivity contribution in [1.82, 2.24) is 5.32 Å². The van der Waals surface area contributed by atoms with Crippen LogP contribution in [0.2, 0.25) is 0 Å². The predicted molar refractivity (Wildman–Crippen MR) is 81.6 cm³/mol. The van der Waals surface area contributed by atoms with Crippen LogP contribution < -0.4 is 5.32 Å². The third kappa shape index (κ3) is 2.33. The molecule has 0 bridgehead atoms. The van der Waals surface area contributed by atoms with E-state index in [9.17, 15) is 4.79 Å². The minimum atomic E-state index is 0.187. The second-order valence-corrected chi connectivity index (χ2v) is 6.36. The smallest absolute Gasteiger partial charge is 0.158 e. The minimum absolute atomic E-state index is 0.187. The summed E-state index contributed by atoms with van der Waals surface area (Å²) in [5, 5.41) is 3.57. The van der Waals surface area contributed by atoms with Crippen LogP contribution >= 0.6 is 0 Å². The molecule has 1 spiro atoms. The molecule has 2 fully saturated rings. The standard InChI is InChI=1S/C18H23NO/c1-2-17(20)15-9-6-10-18(11-15)13-19-12-16(18)14-7-4-3-5-8-14/h2-5,7-8,15-16,19H,1,6,9-13H2/t15-,16+,18+/m1/s1. The van der Waals surface area contributed by atoms with Gasteiger partial charge in [-0.2, -0.15) is 0 Å². The van der Waals surface area contributed by atoms with E-state index in [1.54, 1.807) is 0 Å². The van der Waals surface area contributed by atoms with Crippen molar-refractivity contribution in [3.05, 3.63) is 48.6 Å². The first-order chi connectivity index (χ1) is 9.75. The molecule has 1 N–H and O–H groups in total. The molecule has 3 atom stereocenters. The van der Waals surface area contributed by atoms with Gasteiger partial charge in [0.2, 0.25) is 0 Å². The Labute approximate surface area is 121 Å². The summed E-state index contributed by atoms with van der Waals surface area (Å²) < 4.78 is 0. The van der Waals surface area contributed by atoms with E-state index in [-0.39, 0.29) is 17.1 Å². The second-order valence-electron chi connectivity index (χ2n) is 6.36. The van der Waals surface area contributed by atoms with Gasteiger partial charge in [0, 0.05) is 24.9 Å². The SMILES string of the molecule is C=CC(=O)[C@@H]1CCC[C@@]2(CNC[C@H]2c2ccccc2)C1. The van der Waals surface area contributed by atoms with E-state index in [2.05, 4.69) is 42.2 Å². The number of benzene rings is 1. The van der Waals surface area contributed by atoms with Crippen LogP contribution in [0.5, 0.6) is 0 Å². The molecule has 0 amide bonds. The minimum Gasteiger partial charge on any atom is -0.316 e. The number of carbonyl (C=O) groups is 1. The third-order valence-corrected chi connectivity index (χ3v) is 5.25. The Morgan fingerprint density at radius 3 is 2.90 bits per heavy atom. The number of hydrogen-bond acceptors (Lipinski definition) is 2. The Hall–Kier alpha value is -1.41. The van der Waals surface area contributed by atoms with Crippen molar-refractivity contribution in [2.45, 2.75) is 31.6 Å². The Morgan fingerprint density at radius 1 is 1.35 bits per heavy atom. The maximum absolute atomic E-state index is 12.0. The fraction of sp³-hybridized carbons (Fsp3) is 0.500. The summed E-state index contributed by atoms with van der Waals surface area (Å²) in [4.78, 5) is 12.0. The summed E-state index contributed by atoms with van der Waals surface area (Å²) in [5.41, 5.74) is 1.69. The summed E-state index contributed by atoms with van der Waals surface area (Å²) in [6, 6.07) is 10.8. The normalized spacial score (nSPS) is 33.2. The molecule has 3 rings (SSSR count). The highest BCUT2D eigenvalue weighted by Gasteiger charge is 2.47. The first-order valence-electron chi connectivity index (χ1n) is 7.67. The fourth-order valence-corrected chi connectivity index (χ4v) is 4.24.